The summed E-state index contributed by atoms with van der Waals surface area (Å²) in [5, 5.41) is 1.22. The minimum atomic E-state index is -0.00275. The number of fused-ring (bicyclic) bond motifs is 4. The molecule has 0 saturated carbocycles. The van der Waals surface area contributed by atoms with E-state index in [1.165, 1.54) is 94.5 Å². The molecule has 0 radical (unpaired) electrons. The Hall–Kier alpha value is -6.70. The molecule has 1 heteroatoms. The van der Waals surface area contributed by atoms with Crippen LogP contribution in [0, 0.1) is 0 Å². The van der Waals surface area contributed by atoms with Crippen LogP contribution in [0.25, 0.3) is 83.4 Å². The molecule has 0 saturated heterocycles. The molecule has 1 aromatic heterocycles. The van der Waals surface area contributed by atoms with Crippen LogP contribution < -0.4 is 0 Å². The fourth-order valence-corrected chi connectivity index (χ4v) is 8.55. The van der Waals surface area contributed by atoms with Gasteiger partial charge in [-0.05, 0) is 145 Å². The molecule has 0 unspecified atom stereocenters. The maximum absolute atomic E-state index is 2.37. The summed E-state index contributed by atoms with van der Waals surface area (Å²) in [7, 11) is 0. The summed E-state index contributed by atoms with van der Waals surface area (Å²) in [4.78, 5) is 0. The van der Waals surface area contributed by atoms with Crippen LogP contribution in [0.5, 0.6) is 0 Å². The van der Waals surface area contributed by atoms with Gasteiger partial charge in [0.05, 0.1) is 5.52 Å². The Balaban J connectivity index is 1.10. The maximum atomic E-state index is 2.37. The normalized spacial score (nSPS) is 12.8. The summed E-state index contributed by atoms with van der Waals surface area (Å²) >= 11 is 0. The van der Waals surface area contributed by atoms with Gasteiger partial charge in [-0.3, -0.25) is 0 Å². The molecule has 0 aliphatic heterocycles. The average Bonchev–Trinajstić information content (AvgIpc) is 3.77. The second-order valence-electron chi connectivity index (χ2n) is 15.1. The van der Waals surface area contributed by atoms with E-state index in [0.717, 1.165) is 0 Å². The van der Waals surface area contributed by atoms with Gasteiger partial charge in [-0.2, -0.15) is 0 Å². The third kappa shape index (κ3) is 5.49. The first-order chi connectivity index (χ1) is 26.5. The highest BCUT2D eigenvalue weighted by atomic mass is 15.0. The standard InChI is InChI=1S/C53H39N/c1-53(2)50-21-13-12-20-48(50)49-35-47(23-24-51(49)53)54-27-26-40-28-39(22-25-52(40)54)44-30-43(38-18-10-5-11-19-38)33-46(34-44)45-31-41(36-14-6-3-7-15-36)29-42(32-45)37-16-8-4-9-17-37/h3-35H,1-2H3. The van der Waals surface area contributed by atoms with Crippen molar-refractivity contribution in [2.75, 3.05) is 0 Å². The first kappa shape index (κ1) is 32.0. The van der Waals surface area contributed by atoms with Crippen LogP contribution in [0.4, 0.5) is 0 Å². The van der Waals surface area contributed by atoms with Crippen LogP contribution in [0.2, 0.25) is 0 Å². The molecule has 0 bridgehead atoms. The van der Waals surface area contributed by atoms with E-state index in [-0.39, 0.29) is 5.41 Å². The summed E-state index contributed by atoms with van der Waals surface area (Å²) in [6, 6.07) is 71.2. The number of hydrogen-bond donors (Lipinski definition) is 0. The lowest BCUT2D eigenvalue weighted by Crippen LogP contribution is -2.14. The second kappa shape index (κ2) is 12.8. The molecular weight excluding hydrogens is 651 g/mol. The van der Waals surface area contributed by atoms with E-state index in [1.807, 2.05) is 0 Å². The molecular formula is C53H39N. The fraction of sp³-hybridized carbons (Fsp3) is 0.0566. The van der Waals surface area contributed by atoms with Crippen molar-refractivity contribution in [3.8, 4) is 72.4 Å². The molecule has 0 N–H and O–H groups in total. The van der Waals surface area contributed by atoms with Crippen molar-refractivity contribution in [1.29, 1.82) is 0 Å². The van der Waals surface area contributed by atoms with Crippen LogP contribution in [-0.4, -0.2) is 4.57 Å². The molecule has 9 aromatic rings. The van der Waals surface area contributed by atoms with Gasteiger partial charge in [0.2, 0.25) is 0 Å². The highest BCUT2D eigenvalue weighted by Crippen LogP contribution is 2.49. The van der Waals surface area contributed by atoms with Crippen molar-refractivity contribution in [3.05, 3.63) is 211 Å². The van der Waals surface area contributed by atoms with Crippen molar-refractivity contribution in [3.63, 3.8) is 0 Å². The molecule has 1 aliphatic carbocycles. The van der Waals surface area contributed by atoms with Crippen LogP contribution in [0.15, 0.2) is 200 Å². The smallest absolute Gasteiger partial charge is 0.0528 e. The summed E-state index contributed by atoms with van der Waals surface area (Å²) in [6.45, 7) is 4.68. The first-order valence-corrected chi connectivity index (χ1v) is 18.8. The Morgan fingerprint density at radius 2 is 0.796 bits per heavy atom. The molecule has 0 atom stereocenters. The Bertz CT molecular complexity index is 2770. The van der Waals surface area contributed by atoms with E-state index in [1.54, 1.807) is 0 Å². The maximum Gasteiger partial charge on any atom is 0.0528 e. The van der Waals surface area contributed by atoms with Gasteiger partial charge in [-0.25, -0.2) is 0 Å². The zero-order chi connectivity index (χ0) is 36.2. The van der Waals surface area contributed by atoms with Crippen molar-refractivity contribution in [2.45, 2.75) is 19.3 Å². The van der Waals surface area contributed by atoms with E-state index >= 15 is 0 Å². The molecule has 0 fully saturated rings. The molecule has 1 nitrogen and oxygen atoms in total. The molecule has 8 aromatic carbocycles. The molecule has 256 valence electrons. The van der Waals surface area contributed by atoms with Gasteiger partial charge in [-0.15, -0.1) is 0 Å². The lowest BCUT2D eigenvalue weighted by atomic mass is 9.82. The van der Waals surface area contributed by atoms with Gasteiger partial charge >= 0.3 is 0 Å². The monoisotopic (exact) mass is 689 g/mol. The summed E-state index contributed by atoms with van der Waals surface area (Å²) in [5.41, 5.74) is 19.9. The van der Waals surface area contributed by atoms with Crippen molar-refractivity contribution >= 4 is 10.9 Å². The predicted molar refractivity (Wildman–Crippen MR) is 228 cm³/mol. The zero-order valence-electron chi connectivity index (χ0n) is 30.5. The molecule has 0 spiro atoms. The van der Waals surface area contributed by atoms with Crippen LogP contribution >= 0.6 is 0 Å². The topological polar surface area (TPSA) is 4.93 Å². The Morgan fingerprint density at radius 1 is 0.333 bits per heavy atom. The van der Waals surface area contributed by atoms with E-state index in [0.29, 0.717) is 0 Å². The Kier molecular flexibility index (Phi) is 7.56. The van der Waals surface area contributed by atoms with Gasteiger partial charge in [0.1, 0.15) is 0 Å². The number of nitrogens with zero attached hydrogens (tertiary/aromatic N) is 1. The average molecular weight is 690 g/mol. The molecule has 1 heterocycles. The number of aromatic nitrogens is 1. The second-order valence-corrected chi connectivity index (χ2v) is 15.1. The summed E-state index contributed by atoms with van der Waals surface area (Å²) in [6.07, 6.45) is 2.22. The van der Waals surface area contributed by atoms with Crippen LogP contribution in [0.1, 0.15) is 25.0 Å². The molecule has 10 rings (SSSR count). The van der Waals surface area contributed by atoms with Gasteiger partial charge < -0.3 is 4.57 Å². The third-order valence-electron chi connectivity index (χ3n) is 11.4. The SMILES string of the molecule is CC1(C)c2ccccc2-c2cc(-n3ccc4cc(-c5cc(-c6ccccc6)cc(-c6cc(-c7ccccc7)cc(-c7ccccc7)c6)c5)ccc43)ccc21. The van der Waals surface area contributed by atoms with Crippen LogP contribution in [-0.2, 0) is 5.41 Å². The first-order valence-electron chi connectivity index (χ1n) is 18.8. The van der Waals surface area contributed by atoms with Gasteiger partial charge in [0, 0.05) is 22.7 Å². The van der Waals surface area contributed by atoms with Crippen molar-refractivity contribution in [1.82, 2.24) is 4.57 Å². The molecule has 1 aliphatic rings. The largest absolute Gasteiger partial charge is 0.317 e. The van der Waals surface area contributed by atoms with E-state index in [2.05, 4.69) is 219 Å². The van der Waals surface area contributed by atoms with E-state index in [9.17, 15) is 0 Å². The zero-order valence-corrected chi connectivity index (χ0v) is 30.5. The lowest BCUT2D eigenvalue weighted by Gasteiger charge is -2.21. The van der Waals surface area contributed by atoms with E-state index < -0.39 is 0 Å². The molecule has 0 amide bonds. The van der Waals surface area contributed by atoms with Crippen LogP contribution in [0.3, 0.4) is 0 Å². The summed E-state index contributed by atoms with van der Waals surface area (Å²) in [5.74, 6) is 0. The number of rotatable bonds is 6. The predicted octanol–water partition coefficient (Wildman–Crippen LogP) is 14.3. The van der Waals surface area contributed by atoms with Gasteiger partial charge in [-0.1, -0.05) is 141 Å². The number of hydrogen-bond acceptors (Lipinski definition) is 0. The molecule has 54 heavy (non-hydrogen) atoms. The third-order valence-corrected chi connectivity index (χ3v) is 11.4. The van der Waals surface area contributed by atoms with Gasteiger partial charge in [0.15, 0.2) is 0 Å². The minimum absolute atomic E-state index is 0.00275. The van der Waals surface area contributed by atoms with E-state index in [4.69, 9.17) is 0 Å². The number of benzene rings is 8. The minimum Gasteiger partial charge on any atom is -0.317 e. The van der Waals surface area contributed by atoms with Crippen molar-refractivity contribution in [2.24, 2.45) is 0 Å². The highest BCUT2D eigenvalue weighted by molar-refractivity contribution is 5.91. The van der Waals surface area contributed by atoms with Crippen molar-refractivity contribution < 1.29 is 0 Å². The Labute approximate surface area is 317 Å². The Morgan fingerprint density at radius 3 is 1.35 bits per heavy atom. The fourth-order valence-electron chi connectivity index (χ4n) is 8.55. The highest BCUT2D eigenvalue weighted by Gasteiger charge is 2.35. The quantitative estimate of drug-likeness (QED) is 0.164. The lowest BCUT2D eigenvalue weighted by molar-refractivity contribution is 0.660. The van der Waals surface area contributed by atoms with Gasteiger partial charge in [0.25, 0.3) is 0 Å². The summed E-state index contributed by atoms with van der Waals surface area (Å²) < 4.78 is 2.33.